The van der Waals surface area contributed by atoms with Gasteiger partial charge in [-0.25, -0.2) is 4.39 Å². The van der Waals surface area contributed by atoms with Crippen LogP contribution in [0.25, 0.3) is 0 Å². The Kier molecular flexibility index (Phi) is 5.46. The molecule has 1 atom stereocenters. The second kappa shape index (κ2) is 7.22. The van der Waals surface area contributed by atoms with E-state index < -0.39 is 29.2 Å². The van der Waals surface area contributed by atoms with Crippen LogP contribution in [-0.4, -0.2) is 41.2 Å². The number of carbonyl (C=O) groups is 1. The average molecular weight is 358 g/mol. The Balaban J connectivity index is 2.16. The van der Waals surface area contributed by atoms with Crippen LogP contribution in [0, 0.1) is 5.82 Å². The topological polar surface area (TPSA) is 50.2 Å². The van der Waals surface area contributed by atoms with Gasteiger partial charge in [-0.15, -0.1) is 0 Å². The lowest BCUT2D eigenvalue weighted by Gasteiger charge is -2.25. The van der Waals surface area contributed by atoms with E-state index in [9.17, 15) is 22.4 Å². The molecule has 0 fully saturated rings. The van der Waals surface area contributed by atoms with E-state index in [0.717, 1.165) is 16.4 Å². The quantitative estimate of drug-likeness (QED) is 0.836. The smallest absolute Gasteiger partial charge is 0.350 e. The first kappa shape index (κ1) is 18.9. The van der Waals surface area contributed by atoms with Crippen LogP contribution in [0.5, 0.6) is 0 Å². The third-order valence-corrected chi connectivity index (χ3v) is 3.68. The Hall–Kier alpha value is -2.42. The summed E-state index contributed by atoms with van der Waals surface area (Å²) in [5.74, 6) is -1.26. The molecule has 2 rings (SSSR count). The molecule has 0 spiro atoms. The number of nitrogens with one attached hydrogen (secondary N) is 1. The van der Waals surface area contributed by atoms with Crippen molar-refractivity contribution in [1.29, 1.82) is 0 Å². The molecule has 1 aromatic carbocycles. The van der Waals surface area contributed by atoms with Crippen molar-refractivity contribution in [2.45, 2.75) is 12.2 Å². The van der Waals surface area contributed by atoms with Crippen LogP contribution >= 0.6 is 0 Å². The number of nitrogens with zero attached hydrogens (tertiary/aromatic N) is 3. The molecule has 0 saturated heterocycles. The molecule has 25 heavy (non-hydrogen) atoms. The molecule has 1 N–H and O–H groups in total. The van der Waals surface area contributed by atoms with E-state index in [1.54, 1.807) is 31.1 Å². The summed E-state index contributed by atoms with van der Waals surface area (Å²) in [5, 5.41) is 5.80. The fraction of sp³-hybridized carbons (Fsp3) is 0.375. The number of alkyl halides is 3. The van der Waals surface area contributed by atoms with Crippen LogP contribution in [0.3, 0.4) is 0 Å². The number of hydrogen-bond acceptors (Lipinski definition) is 3. The Labute approximate surface area is 142 Å². The highest BCUT2D eigenvalue weighted by atomic mass is 19.4. The molecule has 0 aliphatic rings. The van der Waals surface area contributed by atoms with Crippen molar-refractivity contribution in [2.24, 2.45) is 7.05 Å². The largest absolute Gasteiger partial charge is 0.435 e. The number of rotatable bonds is 5. The summed E-state index contributed by atoms with van der Waals surface area (Å²) in [5.41, 5.74) is -1.03. The number of halogens is 4. The first-order chi connectivity index (χ1) is 11.6. The van der Waals surface area contributed by atoms with Crippen LogP contribution < -0.4 is 5.32 Å². The Bertz CT molecular complexity index is 738. The summed E-state index contributed by atoms with van der Waals surface area (Å²) >= 11 is 0. The van der Waals surface area contributed by atoms with Crippen LogP contribution in [0.2, 0.25) is 0 Å². The minimum Gasteiger partial charge on any atom is -0.350 e. The molecule has 0 aliphatic carbocycles. The van der Waals surface area contributed by atoms with Crippen LogP contribution in [0.15, 0.2) is 30.5 Å². The minimum atomic E-state index is -4.72. The molecule has 0 aliphatic heterocycles. The van der Waals surface area contributed by atoms with Crippen LogP contribution in [0.4, 0.5) is 17.6 Å². The second-order valence-electron chi connectivity index (χ2n) is 5.80. The van der Waals surface area contributed by atoms with Gasteiger partial charge in [0.2, 0.25) is 0 Å². The first-order valence-corrected chi connectivity index (χ1v) is 7.40. The molecule has 0 saturated carbocycles. The standard InChI is InChI=1S/C16H18F4N4O/c1-23(2)13(10-4-6-11(17)7-5-10)8-21-15(25)12-9-24(3)22-14(12)16(18,19)20/h4-7,9,13H,8H2,1-3H3,(H,21,25). The van der Waals surface area contributed by atoms with Gasteiger partial charge in [-0.3, -0.25) is 9.48 Å². The lowest BCUT2D eigenvalue weighted by atomic mass is 10.1. The van der Waals surface area contributed by atoms with Gasteiger partial charge in [-0.2, -0.15) is 18.3 Å². The van der Waals surface area contributed by atoms with Gasteiger partial charge in [0.25, 0.3) is 5.91 Å². The minimum absolute atomic E-state index is 0.0592. The summed E-state index contributed by atoms with van der Waals surface area (Å²) in [6.45, 7) is 0.0592. The zero-order chi connectivity index (χ0) is 18.8. The zero-order valence-corrected chi connectivity index (χ0v) is 13.9. The highest BCUT2D eigenvalue weighted by Crippen LogP contribution is 2.30. The van der Waals surface area contributed by atoms with Gasteiger partial charge in [0, 0.05) is 19.8 Å². The number of aromatic nitrogens is 2. The lowest BCUT2D eigenvalue weighted by molar-refractivity contribution is -0.141. The van der Waals surface area contributed by atoms with Gasteiger partial charge >= 0.3 is 6.18 Å². The fourth-order valence-electron chi connectivity index (χ4n) is 2.43. The van der Waals surface area contributed by atoms with E-state index in [1.165, 1.54) is 19.2 Å². The Morgan fingerprint density at radius 3 is 2.40 bits per heavy atom. The molecule has 0 bridgehead atoms. The van der Waals surface area contributed by atoms with Crippen molar-refractivity contribution in [3.8, 4) is 0 Å². The monoisotopic (exact) mass is 358 g/mol. The molecule has 1 heterocycles. The number of likely N-dealkylation sites (N-methyl/N-ethyl adjacent to an activating group) is 1. The molecular formula is C16H18F4N4O. The zero-order valence-electron chi connectivity index (χ0n) is 13.9. The van der Waals surface area contributed by atoms with Gasteiger partial charge in [0.05, 0.1) is 11.6 Å². The average Bonchev–Trinajstić information content (AvgIpc) is 2.91. The second-order valence-corrected chi connectivity index (χ2v) is 5.80. The lowest BCUT2D eigenvalue weighted by Crippen LogP contribution is -2.35. The maximum atomic E-state index is 13.0. The molecule has 2 aromatic rings. The summed E-state index contributed by atoms with van der Waals surface area (Å²) in [4.78, 5) is 14.0. The third kappa shape index (κ3) is 4.56. The van der Waals surface area contributed by atoms with Crippen molar-refractivity contribution in [3.05, 3.63) is 53.1 Å². The maximum absolute atomic E-state index is 13.0. The van der Waals surface area contributed by atoms with Crippen LogP contribution in [-0.2, 0) is 13.2 Å². The number of amides is 1. The van der Waals surface area contributed by atoms with Gasteiger partial charge in [-0.1, -0.05) is 12.1 Å². The number of aryl methyl sites for hydroxylation is 1. The number of benzene rings is 1. The van der Waals surface area contributed by atoms with E-state index in [0.29, 0.717) is 0 Å². The Morgan fingerprint density at radius 2 is 1.88 bits per heavy atom. The van der Waals surface area contributed by atoms with E-state index in [-0.39, 0.29) is 12.6 Å². The predicted molar refractivity (Wildman–Crippen MR) is 83.4 cm³/mol. The van der Waals surface area contributed by atoms with Crippen molar-refractivity contribution in [3.63, 3.8) is 0 Å². The van der Waals surface area contributed by atoms with Crippen molar-refractivity contribution < 1.29 is 22.4 Å². The molecule has 0 radical (unpaired) electrons. The Morgan fingerprint density at radius 1 is 1.28 bits per heavy atom. The van der Waals surface area contributed by atoms with Crippen molar-refractivity contribution in [2.75, 3.05) is 20.6 Å². The predicted octanol–water partition coefficient (Wildman–Crippen LogP) is 2.61. The number of hydrogen-bond donors (Lipinski definition) is 1. The molecule has 5 nitrogen and oxygen atoms in total. The van der Waals surface area contributed by atoms with E-state index in [1.807, 2.05) is 0 Å². The third-order valence-electron chi connectivity index (χ3n) is 3.68. The van der Waals surface area contributed by atoms with Gasteiger partial charge in [-0.05, 0) is 31.8 Å². The molecular weight excluding hydrogens is 340 g/mol. The SMILES string of the molecule is CN(C)C(CNC(=O)c1cn(C)nc1C(F)(F)F)c1ccc(F)cc1. The van der Waals surface area contributed by atoms with Crippen molar-refractivity contribution >= 4 is 5.91 Å². The number of carbonyl (C=O) groups excluding carboxylic acids is 1. The summed E-state index contributed by atoms with van der Waals surface area (Å²) in [7, 11) is 4.82. The van der Waals surface area contributed by atoms with Gasteiger partial charge in [0.1, 0.15) is 5.82 Å². The summed E-state index contributed by atoms with van der Waals surface area (Å²) in [6, 6.07) is 5.39. The highest BCUT2D eigenvalue weighted by Gasteiger charge is 2.39. The normalized spacial score (nSPS) is 13.1. The van der Waals surface area contributed by atoms with Crippen molar-refractivity contribution in [1.82, 2.24) is 20.0 Å². The molecule has 1 amide bonds. The molecule has 136 valence electrons. The van der Waals surface area contributed by atoms with Crippen LogP contribution in [0.1, 0.15) is 27.7 Å². The van der Waals surface area contributed by atoms with E-state index in [2.05, 4.69) is 10.4 Å². The van der Waals surface area contributed by atoms with Gasteiger partial charge < -0.3 is 10.2 Å². The summed E-state index contributed by atoms with van der Waals surface area (Å²) in [6.07, 6.45) is -3.69. The van der Waals surface area contributed by atoms with E-state index >= 15 is 0 Å². The first-order valence-electron chi connectivity index (χ1n) is 7.40. The molecule has 1 aromatic heterocycles. The highest BCUT2D eigenvalue weighted by molar-refractivity contribution is 5.95. The molecule has 9 heteroatoms. The summed E-state index contributed by atoms with van der Waals surface area (Å²) < 4.78 is 52.8. The van der Waals surface area contributed by atoms with Gasteiger partial charge in [0.15, 0.2) is 5.69 Å². The fourth-order valence-corrected chi connectivity index (χ4v) is 2.43. The maximum Gasteiger partial charge on any atom is 0.435 e. The van der Waals surface area contributed by atoms with E-state index in [4.69, 9.17) is 0 Å². The molecule has 1 unspecified atom stereocenters.